The number of hydrogen-bond donors (Lipinski definition) is 1. The molecule has 4 nitrogen and oxygen atoms in total. The Labute approximate surface area is 90.8 Å². The zero-order chi connectivity index (χ0) is 11.7. The third kappa shape index (κ3) is 2.65. The standard InChI is InChI=1S/C10H20N2.CO2/c1-9(2,3)12-7-10(11)5-4-8(12)6-10;2-1-3/h8H,4-7,11H2,1-3H3;. The topological polar surface area (TPSA) is 63.4 Å². The molecule has 2 aliphatic rings. The average molecular weight is 212 g/mol. The molecule has 1 aliphatic heterocycles. The van der Waals surface area contributed by atoms with Crippen LogP contribution in [0.25, 0.3) is 0 Å². The van der Waals surface area contributed by atoms with Crippen LogP contribution in [-0.4, -0.2) is 34.7 Å². The zero-order valence-corrected chi connectivity index (χ0v) is 9.75. The van der Waals surface area contributed by atoms with Crippen LogP contribution in [0.4, 0.5) is 0 Å². The first-order valence-corrected chi connectivity index (χ1v) is 5.37. The number of piperidine rings is 1. The van der Waals surface area contributed by atoms with Gasteiger partial charge in [-0.3, -0.25) is 4.90 Å². The minimum Gasteiger partial charge on any atom is -0.324 e. The first-order chi connectivity index (χ1) is 6.82. The number of nitrogens with zero attached hydrogens (tertiary/aromatic N) is 1. The van der Waals surface area contributed by atoms with Crippen molar-refractivity contribution >= 4 is 6.15 Å². The van der Waals surface area contributed by atoms with Gasteiger partial charge in [-0.25, -0.2) is 0 Å². The highest BCUT2D eigenvalue weighted by molar-refractivity contribution is 5.20. The van der Waals surface area contributed by atoms with Gasteiger partial charge >= 0.3 is 6.15 Å². The molecule has 1 aliphatic carbocycles. The smallest absolute Gasteiger partial charge is 0.324 e. The molecule has 4 heteroatoms. The first kappa shape index (κ1) is 12.4. The molecule has 2 fully saturated rings. The third-order valence-corrected chi connectivity index (χ3v) is 3.41. The molecule has 1 heterocycles. The molecule has 1 saturated carbocycles. The van der Waals surface area contributed by atoms with Crippen LogP contribution in [0.2, 0.25) is 0 Å². The van der Waals surface area contributed by atoms with Crippen LogP contribution in [0.15, 0.2) is 0 Å². The molecule has 86 valence electrons. The Kier molecular flexibility index (Phi) is 3.34. The lowest BCUT2D eigenvalue weighted by Crippen LogP contribution is -2.51. The molecule has 1 saturated heterocycles. The van der Waals surface area contributed by atoms with E-state index in [1.54, 1.807) is 0 Å². The number of rotatable bonds is 0. The molecule has 2 rings (SSSR count). The van der Waals surface area contributed by atoms with E-state index in [9.17, 15) is 0 Å². The average Bonchev–Trinajstić information content (AvgIpc) is 2.59. The summed E-state index contributed by atoms with van der Waals surface area (Å²) in [5.74, 6) is 0. The second-order valence-electron chi connectivity index (χ2n) is 5.64. The number of likely N-dealkylation sites (tertiary alicyclic amines) is 1. The summed E-state index contributed by atoms with van der Waals surface area (Å²) in [6.45, 7) is 7.98. The Bertz CT molecular complexity index is 266. The Hall–Kier alpha value is -0.700. The van der Waals surface area contributed by atoms with Gasteiger partial charge in [0.2, 0.25) is 0 Å². The second kappa shape index (κ2) is 4.05. The van der Waals surface area contributed by atoms with Crippen molar-refractivity contribution < 1.29 is 9.59 Å². The minimum atomic E-state index is 0.165. The van der Waals surface area contributed by atoms with Crippen LogP contribution >= 0.6 is 0 Å². The van der Waals surface area contributed by atoms with Crippen molar-refractivity contribution in [2.24, 2.45) is 5.73 Å². The highest BCUT2D eigenvalue weighted by Crippen LogP contribution is 2.42. The first-order valence-electron chi connectivity index (χ1n) is 5.37. The molecule has 2 unspecified atom stereocenters. The fourth-order valence-electron chi connectivity index (χ4n) is 2.79. The van der Waals surface area contributed by atoms with Crippen molar-refractivity contribution in [3.63, 3.8) is 0 Å². The molecule has 2 atom stereocenters. The highest BCUT2D eigenvalue weighted by Gasteiger charge is 2.49. The van der Waals surface area contributed by atoms with Gasteiger partial charge in [0.15, 0.2) is 0 Å². The molecular weight excluding hydrogens is 192 g/mol. The molecule has 2 bridgehead atoms. The van der Waals surface area contributed by atoms with Gasteiger partial charge < -0.3 is 5.73 Å². The molecule has 0 spiro atoms. The van der Waals surface area contributed by atoms with E-state index >= 15 is 0 Å². The van der Waals surface area contributed by atoms with E-state index in [-0.39, 0.29) is 11.7 Å². The summed E-state index contributed by atoms with van der Waals surface area (Å²) in [5.41, 5.74) is 6.72. The largest absolute Gasteiger partial charge is 0.373 e. The van der Waals surface area contributed by atoms with E-state index in [4.69, 9.17) is 15.3 Å². The van der Waals surface area contributed by atoms with Gasteiger partial charge in [0.05, 0.1) is 0 Å². The van der Waals surface area contributed by atoms with E-state index in [1.165, 1.54) is 19.3 Å². The maximum absolute atomic E-state index is 8.12. The Morgan fingerprint density at radius 1 is 1.40 bits per heavy atom. The van der Waals surface area contributed by atoms with Crippen LogP contribution in [0.1, 0.15) is 40.0 Å². The van der Waals surface area contributed by atoms with Crippen molar-refractivity contribution in [3.05, 3.63) is 0 Å². The maximum Gasteiger partial charge on any atom is 0.373 e. The van der Waals surface area contributed by atoms with Crippen LogP contribution in [0.5, 0.6) is 0 Å². The summed E-state index contributed by atoms with van der Waals surface area (Å²) in [5, 5.41) is 0. The van der Waals surface area contributed by atoms with E-state index in [0.717, 1.165) is 12.6 Å². The zero-order valence-electron chi connectivity index (χ0n) is 9.75. The van der Waals surface area contributed by atoms with Crippen LogP contribution in [0, 0.1) is 0 Å². The van der Waals surface area contributed by atoms with Crippen molar-refractivity contribution in [3.8, 4) is 0 Å². The minimum absolute atomic E-state index is 0.165. The van der Waals surface area contributed by atoms with Gasteiger partial charge in [-0.15, -0.1) is 0 Å². The molecule has 0 amide bonds. The maximum atomic E-state index is 8.12. The van der Waals surface area contributed by atoms with Crippen molar-refractivity contribution in [2.45, 2.75) is 57.2 Å². The molecular formula is C11H20N2O2. The molecule has 0 radical (unpaired) electrons. The van der Waals surface area contributed by atoms with Crippen LogP contribution in [-0.2, 0) is 9.59 Å². The Balaban J connectivity index is 0.000000337. The van der Waals surface area contributed by atoms with E-state index in [1.807, 2.05) is 0 Å². The van der Waals surface area contributed by atoms with Gasteiger partial charge in [-0.1, -0.05) is 0 Å². The summed E-state index contributed by atoms with van der Waals surface area (Å²) in [6, 6.07) is 0.773. The quantitative estimate of drug-likeness (QED) is 0.644. The van der Waals surface area contributed by atoms with Gasteiger partial charge in [-0.05, 0) is 40.0 Å². The SMILES string of the molecule is CC(C)(C)N1CC2(N)CCC1C2.O=C=O. The normalized spacial score (nSPS) is 34.5. The molecule has 2 N–H and O–H groups in total. The lowest BCUT2D eigenvalue weighted by atomic mass is 9.97. The Morgan fingerprint density at radius 3 is 2.13 bits per heavy atom. The summed E-state index contributed by atoms with van der Waals surface area (Å²) in [4.78, 5) is 18.8. The summed E-state index contributed by atoms with van der Waals surface area (Å²) in [7, 11) is 0. The van der Waals surface area contributed by atoms with Gasteiger partial charge in [0.1, 0.15) is 0 Å². The van der Waals surface area contributed by atoms with Crippen molar-refractivity contribution in [1.29, 1.82) is 0 Å². The summed E-state index contributed by atoms with van der Waals surface area (Å²) < 4.78 is 0. The summed E-state index contributed by atoms with van der Waals surface area (Å²) >= 11 is 0. The molecule has 0 aromatic carbocycles. The van der Waals surface area contributed by atoms with Crippen LogP contribution < -0.4 is 5.73 Å². The van der Waals surface area contributed by atoms with Gasteiger partial charge in [0.25, 0.3) is 0 Å². The Morgan fingerprint density at radius 2 is 1.93 bits per heavy atom. The third-order valence-electron chi connectivity index (χ3n) is 3.41. The number of hydrogen-bond acceptors (Lipinski definition) is 4. The predicted molar refractivity (Wildman–Crippen MR) is 56.0 cm³/mol. The van der Waals surface area contributed by atoms with Gasteiger partial charge in [0, 0.05) is 23.7 Å². The number of fused-ring (bicyclic) bond motifs is 2. The van der Waals surface area contributed by atoms with Crippen molar-refractivity contribution in [2.75, 3.05) is 6.54 Å². The fraction of sp³-hybridized carbons (Fsp3) is 0.909. The number of nitrogens with two attached hydrogens (primary N) is 1. The van der Waals surface area contributed by atoms with E-state index in [2.05, 4.69) is 25.7 Å². The van der Waals surface area contributed by atoms with E-state index in [0.29, 0.717) is 5.54 Å². The molecule has 0 aromatic rings. The predicted octanol–water partition coefficient (Wildman–Crippen LogP) is 0.767. The monoisotopic (exact) mass is 212 g/mol. The lowest BCUT2D eigenvalue weighted by molar-refractivity contribution is -0.191. The lowest BCUT2D eigenvalue weighted by Gasteiger charge is -2.40. The highest BCUT2D eigenvalue weighted by atomic mass is 16.2. The van der Waals surface area contributed by atoms with Gasteiger partial charge in [-0.2, -0.15) is 9.59 Å². The van der Waals surface area contributed by atoms with Crippen LogP contribution in [0.3, 0.4) is 0 Å². The fourth-order valence-corrected chi connectivity index (χ4v) is 2.79. The second-order valence-corrected chi connectivity index (χ2v) is 5.64. The van der Waals surface area contributed by atoms with Crippen molar-refractivity contribution in [1.82, 2.24) is 4.90 Å². The number of carbonyl (C=O) groups excluding carboxylic acids is 2. The molecule has 0 aromatic heterocycles. The summed E-state index contributed by atoms with van der Waals surface area (Å²) in [6.07, 6.45) is 4.03. The molecule has 15 heavy (non-hydrogen) atoms. The van der Waals surface area contributed by atoms with E-state index < -0.39 is 0 Å².